The van der Waals surface area contributed by atoms with Gasteiger partial charge < -0.3 is 15.2 Å². The molecule has 6 nitrogen and oxygen atoms in total. The van der Waals surface area contributed by atoms with Crippen LogP contribution in [0.15, 0.2) is 18.3 Å². The van der Waals surface area contributed by atoms with E-state index in [2.05, 4.69) is 10.3 Å². The molecule has 0 unspecified atom stereocenters. The number of carboxylic acids is 1. The average molecular weight is 266 g/mol. The Bertz CT molecular complexity index is 471. The molecule has 0 aliphatic carbocycles. The van der Waals surface area contributed by atoms with Crippen molar-refractivity contribution in [2.24, 2.45) is 5.41 Å². The van der Waals surface area contributed by atoms with Crippen molar-refractivity contribution in [3.05, 3.63) is 23.9 Å². The fraction of sp³-hybridized carbons (Fsp3) is 0.462. The Hall–Kier alpha value is -2.11. The molecule has 0 aliphatic heterocycles. The summed E-state index contributed by atoms with van der Waals surface area (Å²) >= 11 is 0. The maximum Gasteiger partial charge on any atom is 0.310 e. The van der Waals surface area contributed by atoms with Gasteiger partial charge in [0, 0.05) is 12.7 Å². The third kappa shape index (κ3) is 3.94. The number of amides is 1. The average Bonchev–Trinajstić information content (AvgIpc) is 2.37. The van der Waals surface area contributed by atoms with E-state index in [0.29, 0.717) is 12.2 Å². The molecule has 2 N–H and O–H groups in total. The minimum absolute atomic E-state index is 0.0294. The molecule has 1 heterocycles. The molecule has 104 valence electrons. The molecule has 0 fully saturated rings. The summed E-state index contributed by atoms with van der Waals surface area (Å²) in [4.78, 5) is 26.9. The zero-order chi connectivity index (χ0) is 14.5. The van der Waals surface area contributed by atoms with Crippen molar-refractivity contribution in [3.63, 3.8) is 0 Å². The summed E-state index contributed by atoms with van der Waals surface area (Å²) in [6.07, 6.45) is 1.53. The fourth-order valence-corrected chi connectivity index (χ4v) is 1.29. The van der Waals surface area contributed by atoms with Crippen molar-refractivity contribution in [1.82, 2.24) is 10.3 Å². The second-order valence-corrected chi connectivity index (χ2v) is 4.66. The summed E-state index contributed by atoms with van der Waals surface area (Å²) in [6, 6.07) is 3.21. The number of pyridine rings is 1. The molecular formula is C13H18N2O4. The first-order valence-electron chi connectivity index (χ1n) is 5.98. The number of nitrogens with zero attached hydrogens (tertiary/aromatic N) is 1. The number of carbonyl (C=O) groups is 2. The largest absolute Gasteiger partial charge is 0.481 e. The molecule has 1 rings (SSSR count). The molecule has 0 aromatic carbocycles. The van der Waals surface area contributed by atoms with Crippen LogP contribution in [0.2, 0.25) is 0 Å². The highest BCUT2D eigenvalue weighted by molar-refractivity contribution is 5.96. The zero-order valence-corrected chi connectivity index (χ0v) is 11.3. The van der Waals surface area contributed by atoms with E-state index in [1.165, 1.54) is 6.20 Å². The number of aromatic nitrogens is 1. The maximum atomic E-state index is 12.0. The molecule has 0 atom stereocenters. The van der Waals surface area contributed by atoms with Crippen LogP contribution >= 0.6 is 0 Å². The Balaban J connectivity index is 2.76. The first-order valence-corrected chi connectivity index (χ1v) is 5.98. The standard InChI is InChI=1S/C13H18N2O4/c1-4-19-11-9(6-5-7-14-11)10(16)15-8-13(2,3)12(17)18/h5-7H,4,8H2,1-3H3,(H,15,16)(H,17,18). The van der Waals surface area contributed by atoms with Crippen molar-refractivity contribution >= 4 is 11.9 Å². The zero-order valence-electron chi connectivity index (χ0n) is 11.3. The minimum Gasteiger partial charge on any atom is -0.481 e. The van der Waals surface area contributed by atoms with Gasteiger partial charge in [0.2, 0.25) is 5.88 Å². The first-order chi connectivity index (χ1) is 8.88. The highest BCUT2D eigenvalue weighted by atomic mass is 16.5. The number of hydrogen-bond acceptors (Lipinski definition) is 4. The van der Waals surface area contributed by atoms with Crippen LogP contribution in [-0.4, -0.2) is 35.1 Å². The molecule has 0 bridgehead atoms. The highest BCUT2D eigenvalue weighted by Crippen LogP contribution is 2.16. The van der Waals surface area contributed by atoms with E-state index in [-0.39, 0.29) is 12.4 Å². The Morgan fingerprint density at radius 3 is 2.74 bits per heavy atom. The van der Waals surface area contributed by atoms with E-state index in [9.17, 15) is 9.59 Å². The lowest BCUT2D eigenvalue weighted by molar-refractivity contribution is -0.146. The van der Waals surface area contributed by atoms with Crippen molar-refractivity contribution in [3.8, 4) is 5.88 Å². The van der Waals surface area contributed by atoms with E-state index >= 15 is 0 Å². The van der Waals surface area contributed by atoms with Gasteiger partial charge in [0.25, 0.3) is 5.91 Å². The maximum absolute atomic E-state index is 12.0. The number of carboxylic acid groups (broad SMARTS) is 1. The molecule has 0 aliphatic rings. The summed E-state index contributed by atoms with van der Waals surface area (Å²) in [5.74, 6) is -1.12. The van der Waals surface area contributed by atoms with E-state index in [1.54, 1.807) is 32.9 Å². The monoisotopic (exact) mass is 266 g/mol. The third-order valence-corrected chi connectivity index (χ3v) is 2.57. The fourth-order valence-electron chi connectivity index (χ4n) is 1.29. The van der Waals surface area contributed by atoms with Crippen LogP contribution in [0.4, 0.5) is 0 Å². The first kappa shape index (κ1) is 14.9. The molecular weight excluding hydrogens is 248 g/mol. The second-order valence-electron chi connectivity index (χ2n) is 4.66. The molecule has 0 radical (unpaired) electrons. The van der Waals surface area contributed by atoms with Crippen LogP contribution in [0.1, 0.15) is 31.1 Å². The molecule has 19 heavy (non-hydrogen) atoms. The molecule has 0 spiro atoms. The SMILES string of the molecule is CCOc1ncccc1C(=O)NCC(C)(C)C(=O)O. The quantitative estimate of drug-likeness (QED) is 0.810. The van der Waals surface area contributed by atoms with Gasteiger partial charge in [-0.15, -0.1) is 0 Å². The molecule has 1 amide bonds. The number of hydrogen-bond donors (Lipinski definition) is 2. The summed E-state index contributed by atoms with van der Waals surface area (Å²) in [6.45, 7) is 5.31. The lowest BCUT2D eigenvalue weighted by atomic mass is 9.94. The van der Waals surface area contributed by atoms with Gasteiger partial charge in [-0.3, -0.25) is 9.59 Å². The normalized spacial score (nSPS) is 10.9. The van der Waals surface area contributed by atoms with Gasteiger partial charge >= 0.3 is 5.97 Å². The van der Waals surface area contributed by atoms with Crippen LogP contribution in [-0.2, 0) is 4.79 Å². The Morgan fingerprint density at radius 1 is 1.47 bits per heavy atom. The number of ether oxygens (including phenoxy) is 1. The summed E-state index contributed by atoms with van der Waals surface area (Å²) < 4.78 is 5.25. The number of carbonyl (C=O) groups excluding carboxylic acids is 1. The van der Waals surface area contributed by atoms with Crippen LogP contribution in [0.25, 0.3) is 0 Å². The number of aliphatic carboxylic acids is 1. The van der Waals surface area contributed by atoms with Gasteiger partial charge in [-0.1, -0.05) is 0 Å². The predicted molar refractivity (Wildman–Crippen MR) is 69.2 cm³/mol. The summed E-state index contributed by atoms with van der Waals surface area (Å²) in [7, 11) is 0. The molecule has 0 saturated heterocycles. The highest BCUT2D eigenvalue weighted by Gasteiger charge is 2.28. The lowest BCUT2D eigenvalue weighted by Gasteiger charge is -2.19. The smallest absolute Gasteiger partial charge is 0.310 e. The van der Waals surface area contributed by atoms with Crippen LogP contribution in [0.3, 0.4) is 0 Å². The van der Waals surface area contributed by atoms with Crippen molar-refractivity contribution in [2.75, 3.05) is 13.2 Å². The van der Waals surface area contributed by atoms with Crippen LogP contribution in [0, 0.1) is 5.41 Å². The summed E-state index contributed by atoms with van der Waals surface area (Å²) in [5.41, 5.74) is -0.727. The Kier molecular flexibility index (Phi) is 4.86. The van der Waals surface area contributed by atoms with E-state index in [1.807, 2.05) is 0 Å². The van der Waals surface area contributed by atoms with E-state index < -0.39 is 17.3 Å². The third-order valence-electron chi connectivity index (χ3n) is 2.57. The number of rotatable bonds is 6. The predicted octanol–water partition coefficient (Wildman–Crippen LogP) is 1.32. The van der Waals surface area contributed by atoms with E-state index in [0.717, 1.165) is 0 Å². The van der Waals surface area contributed by atoms with Gasteiger partial charge in [0.1, 0.15) is 5.56 Å². The van der Waals surface area contributed by atoms with Gasteiger partial charge in [0.15, 0.2) is 0 Å². The van der Waals surface area contributed by atoms with Crippen LogP contribution < -0.4 is 10.1 Å². The van der Waals surface area contributed by atoms with Crippen molar-refractivity contribution < 1.29 is 19.4 Å². The van der Waals surface area contributed by atoms with Crippen LogP contribution in [0.5, 0.6) is 5.88 Å². The Labute approximate surface area is 111 Å². The summed E-state index contributed by atoms with van der Waals surface area (Å²) in [5, 5.41) is 11.6. The molecule has 1 aromatic heterocycles. The van der Waals surface area contributed by atoms with Crippen molar-refractivity contribution in [2.45, 2.75) is 20.8 Å². The van der Waals surface area contributed by atoms with Gasteiger partial charge in [-0.25, -0.2) is 4.98 Å². The molecule has 6 heteroatoms. The molecule has 0 saturated carbocycles. The second kappa shape index (κ2) is 6.17. The Morgan fingerprint density at radius 2 is 2.16 bits per heavy atom. The lowest BCUT2D eigenvalue weighted by Crippen LogP contribution is -2.39. The minimum atomic E-state index is -1.02. The van der Waals surface area contributed by atoms with Crippen molar-refractivity contribution in [1.29, 1.82) is 0 Å². The number of nitrogens with one attached hydrogen (secondary N) is 1. The topological polar surface area (TPSA) is 88.5 Å². The van der Waals surface area contributed by atoms with E-state index in [4.69, 9.17) is 9.84 Å². The van der Waals surface area contributed by atoms with Gasteiger partial charge in [0.05, 0.1) is 12.0 Å². The molecule has 1 aromatic rings. The van der Waals surface area contributed by atoms with Gasteiger partial charge in [-0.2, -0.15) is 0 Å². The van der Waals surface area contributed by atoms with Gasteiger partial charge in [-0.05, 0) is 32.9 Å².